The number of allylic oxidation sites excluding steroid dienone is 2. The second kappa shape index (κ2) is 6.09. The molecule has 1 aromatic carbocycles. The lowest BCUT2D eigenvalue weighted by atomic mass is 9.94. The van der Waals surface area contributed by atoms with E-state index in [0.717, 1.165) is 29.4 Å². The van der Waals surface area contributed by atoms with Crippen LogP contribution in [-0.2, 0) is 0 Å². The van der Waals surface area contributed by atoms with Gasteiger partial charge in [0.25, 0.3) is 0 Å². The maximum Gasteiger partial charge on any atom is 0.138 e. The van der Waals surface area contributed by atoms with E-state index in [9.17, 15) is 0 Å². The van der Waals surface area contributed by atoms with Crippen LogP contribution in [0.15, 0.2) is 43.0 Å². The molecule has 4 nitrogen and oxygen atoms in total. The lowest BCUT2D eigenvalue weighted by Crippen LogP contribution is -2.16. The largest absolute Gasteiger partial charge is 0.383 e. The Morgan fingerprint density at radius 3 is 3.05 bits per heavy atom. The molecule has 1 unspecified atom stereocenters. The van der Waals surface area contributed by atoms with Crippen molar-refractivity contribution in [2.24, 2.45) is 5.92 Å². The maximum atomic E-state index is 6.10. The Kier molecular flexibility index (Phi) is 4.02. The van der Waals surface area contributed by atoms with Crippen LogP contribution < -0.4 is 5.32 Å². The van der Waals surface area contributed by atoms with E-state index >= 15 is 0 Å². The van der Waals surface area contributed by atoms with Crippen molar-refractivity contribution in [1.29, 1.82) is 0 Å². The van der Waals surface area contributed by atoms with Crippen LogP contribution in [0.4, 0.5) is 5.69 Å². The third kappa shape index (κ3) is 3.02. The molecule has 0 amide bonds. The van der Waals surface area contributed by atoms with Gasteiger partial charge in [-0.1, -0.05) is 23.8 Å². The van der Waals surface area contributed by atoms with Gasteiger partial charge in [-0.25, -0.2) is 9.67 Å². The van der Waals surface area contributed by atoms with E-state index in [0.29, 0.717) is 5.92 Å². The van der Waals surface area contributed by atoms with Gasteiger partial charge in [0.15, 0.2) is 0 Å². The minimum absolute atomic E-state index is 0.683. The molecular formula is C15H17ClN4. The molecule has 104 valence electrons. The van der Waals surface area contributed by atoms with Gasteiger partial charge >= 0.3 is 0 Å². The number of nitrogens with zero attached hydrogens (tertiary/aromatic N) is 3. The van der Waals surface area contributed by atoms with Crippen LogP contribution in [-0.4, -0.2) is 21.3 Å². The lowest BCUT2D eigenvalue weighted by molar-refractivity contribution is 0.504. The molecule has 5 heteroatoms. The van der Waals surface area contributed by atoms with Gasteiger partial charge in [0.05, 0.1) is 11.4 Å². The van der Waals surface area contributed by atoms with Crippen LogP contribution in [0.25, 0.3) is 5.69 Å². The quantitative estimate of drug-likeness (QED) is 0.873. The normalized spacial score (nSPS) is 18.1. The van der Waals surface area contributed by atoms with Crippen LogP contribution in [0.2, 0.25) is 5.02 Å². The second-order valence-corrected chi connectivity index (χ2v) is 5.47. The molecule has 0 aliphatic heterocycles. The van der Waals surface area contributed by atoms with Crippen molar-refractivity contribution in [3.63, 3.8) is 0 Å². The fourth-order valence-corrected chi connectivity index (χ4v) is 2.65. The first kappa shape index (κ1) is 13.2. The molecule has 0 radical (unpaired) electrons. The van der Waals surface area contributed by atoms with Crippen LogP contribution in [0.3, 0.4) is 0 Å². The third-order valence-electron chi connectivity index (χ3n) is 3.58. The van der Waals surface area contributed by atoms with E-state index in [-0.39, 0.29) is 0 Å². The van der Waals surface area contributed by atoms with Crippen molar-refractivity contribution in [3.8, 4) is 5.69 Å². The summed E-state index contributed by atoms with van der Waals surface area (Å²) in [6, 6.07) is 5.77. The summed E-state index contributed by atoms with van der Waals surface area (Å²) in [7, 11) is 0. The van der Waals surface area contributed by atoms with Gasteiger partial charge in [-0.3, -0.25) is 0 Å². The van der Waals surface area contributed by atoms with Gasteiger partial charge in [-0.15, -0.1) is 0 Å². The molecular weight excluding hydrogens is 272 g/mol. The first-order valence-corrected chi connectivity index (χ1v) is 7.24. The Morgan fingerprint density at radius 2 is 2.30 bits per heavy atom. The van der Waals surface area contributed by atoms with E-state index in [1.807, 2.05) is 18.2 Å². The Labute approximate surface area is 123 Å². The number of aromatic nitrogens is 3. The molecule has 3 rings (SSSR count). The average molecular weight is 289 g/mol. The number of hydrogen-bond acceptors (Lipinski definition) is 3. The Morgan fingerprint density at radius 1 is 1.35 bits per heavy atom. The minimum atomic E-state index is 0.683. The number of anilines is 1. The number of halogens is 1. The van der Waals surface area contributed by atoms with E-state index in [1.165, 1.54) is 19.2 Å². The molecule has 1 atom stereocenters. The fourth-order valence-electron chi connectivity index (χ4n) is 2.48. The Hall–Kier alpha value is -1.81. The third-order valence-corrected chi connectivity index (χ3v) is 3.82. The van der Waals surface area contributed by atoms with Crippen LogP contribution >= 0.6 is 11.6 Å². The second-order valence-electron chi connectivity index (χ2n) is 5.03. The Balaban J connectivity index is 1.77. The summed E-state index contributed by atoms with van der Waals surface area (Å²) in [4.78, 5) is 3.99. The molecule has 1 aliphatic carbocycles. The highest BCUT2D eigenvalue weighted by Crippen LogP contribution is 2.25. The number of nitrogens with one attached hydrogen (secondary N) is 1. The predicted molar refractivity (Wildman–Crippen MR) is 81.3 cm³/mol. The number of benzene rings is 1. The highest BCUT2D eigenvalue weighted by molar-refractivity contribution is 6.31. The van der Waals surface area contributed by atoms with Crippen molar-refractivity contribution >= 4 is 17.3 Å². The molecule has 1 heterocycles. The monoisotopic (exact) mass is 288 g/mol. The van der Waals surface area contributed by atoms with Crippen molar-refractivity contribution in [2.45, 2.75) is 19.3 Å². The first-order chi connectivity index (χ1) is 9.83. The molecule has 2 aromatic rings. The standard InChI is InChI=1S/C15H17ClN4/c16-13-6-7-15(20-11-17-10-19-20)14(8-13)18-9-12-4-2-1-3-5-12/h1-2,6-8,10-12,18H,3-5,9H2. The van der Waals surface area contributed by atoms with Crippen molar-refractivity contribution in [1.82, 2.24) is 14.8 Å². The zero-order valence-corrected chi connectivity index (χ0v) is 11.9. The van der Waals surface area contributed by atoms with E-state index in [1.54, 1.807) is 11.0 Å². The molecule has 0 bridgehead atoms. The SMILES string of the molecule is Clc1ccc(-n2cncn2)c(NCC2CC=CCC2)c1. The van der Waals surface area contributed by atoms with Gasteiger partial charge in [0.1, 0.15) is 12.7 Å². The summed E-state index contributed by atoms with van der Waals surface area (Å²) >= 11 is 6.10. The van der Waals surface area contributed by atoms with Crippen molar-refractivity contribution in [3.05, 3.63) is 48.0 Å². The summed E-state index contributed by atoms with van der Waals surface area (Å²) in [5.74, 6) is 0.683. The van der Waals surface area contributed by atoms with Gasteiger partial charge in [-0.2, -0.15) is 5.10 Å². The average Bonchev–Trinajstić information content (AvgIpc) is 3.00. The molecule has 20 heavy (non-hydrogen) atoms. The highest BCUT2D eigenvalue weighted by atomic mass is 35.5. The minimum Gasteiger partial charge on any atom is -0.383 e. The van der Waals surface area contributed by atoms with Crippen LogP contribution in [0.5, 0.6) is 0 Å². The molecule has 0 fully saturated rings. The smallest absolute Gasteiger partial charge is 0.138 e. The lowest BCUT2D eigenvalue weighted by Gasteiger charge is -2.20. The number of rotatable bonds is 4. The summed E-state index contributed by atoms with van der Waals surface area (Å²) in [6.45, 7) is 0.951. The Bertz CT molecular complexity index is 592. The van der Waals surface area contributed by atoms with Gasteiger partial charge < -0.3 is 5.32 Å². The molecule has 0 saturated heterocycles. The highest BCUT2D eigenvalue weighted by Gasteiger charge is 2.12. The zero-order valence-electron chi connectivity index (χ0n) is 11.2. The summed E-state index contributed by atoms with van der Waals surface area (Å²) < 4.78 is 1.75. The van der Waals surface area contributed by atoms with E-state index in [2.05, 4.69) is 27.6 Å². The zero-order chi connectivity index (χ0) is 13.8. The summed E-state index contributed by atoms with van der Waals surface area (Å²) in [5.41, 5.74) is 1.97. The van der Waals surface area contributed by atoms with E-state index in [4.69, 9.17) is 11.6 Å². The van der Waals surface area contributed by atoms with Gasteiger partial charge in [0.2, 0.25) is 0 Å². The molecule has 0 saturated carbocycles. The van der Waals surface area contributed by atoms with Crippen molar-refractivity contribution in [2.75, 3.05) is 11.9 Å². The maximum absolute atomic E-state index is 6.10. The van der Waals surface area contributed by atoms with E-state index < -0.39 is 0 Å². The molecule has 0 spiro atoms. The van der Waals surface area contributed by atoms with Crippen LogP contribution in [0.1, 0.15) is 19.3 Å². The molecule has 1 N–H and O–H groups in total. The van der Waals surface area contributed by atoms with Crippen LogP contribution in [0, 0.1) is 5.92 Å². The van der Waals surface area contributed by atoms with Gasteiger partial charge in [-0.05, 0) is 43.4 Å². The topological polar surface area (TPSA) is 42.7 Å². The van der Waals surface area contributed by atoms with Crippen molar-refractivity contribution < 1.29 is 0 Å². The number of hydrogen-bond donors (Lipinski definition) is 1. The molecule has 1 aliphatic rings. The molecule has 1 aromatic heterocycles. The summed E-state index contributed by atoms with van der Waals surface area (Å²) in [6.07, 6.45) is 11.3. The predicted octanol–water partition coefficient (Wildman–Crippen LogP) is 3.69. The fraction of sp³-hybridized carbons (Fsp3) is 0.333. The first-order valence-electron chi connectivity index (χ1n) is 6.86. The van der Waals surface area contributed by atoms with Gasteiger partial charge in [0, 0.05) is 11.6 Å². The summed E-state index contributed by atoms with van der Waals surface area (Å²) in [5, 5.41) is 8.41.